The first-order valence-electron chi connectivity index (χ1n) is 29.4. The van der Waals surface area contributed by atoms with Crippen LogP contribution in [0.3, 0.4) is 0 Å². The summed E-state index contributed by atoms with van der Waals surface area (Å²) in [6.07, 6.45) is 71.3. The van der Waals surface area contributed by atoms with Gasteiger partial charge >= 0.3 is 5.97 Å². The Morgan fingerprint density at radius 3 is 1.16 bits per heavy atom. The lowest BCUT2D eigenvalue weighted by Crippen LogP contribution is -2.45. The maximum Gasteiger partial charge on any atom is 0.305 e. The van der Waals surface area contributed by atoms with Crippen LogP contribution < -0.4 is 5.32 Å². The Morgan fingerprint density at radius 2 is 0.746 bits per heavy atom. The molecule has 0 fully saturated rings. The first-order valence-corrected chi connectivity index (χ1v) is 29.4. The molecular weight excluding hydrogens is 827 g/mol. The third-order valence-electron chi connectivity index (χ3n) is 13.3. The van der Waals surface area contributed by atoms with Crippen LogP contribution in [0.25, 0.3) is 0 Å². The molecule has 6 heteroatoms. The number of ether oxygens (including phenoxy) is 1. The van der Waals surface area contributed by atoms with E-state index in [1.165, 1.54) is 193 Å². The van der Waals surface area contributed by atoms with Crippen molar-refractivity contribution in [1.82, 2.24) is 5.32 Å². The number of hydrogen-bond donors (Lipinski definition) is 3. The van der Waals surface area contributed by atoms with Gasteiger partial charge in [-0.1, -0.05) is 242 Å². The Hall–Kier alpha value is -2.18. The Morgan fingerprint density at radius 1 is 0.418 bits per heavy atom. The van der Waals surface area contributed by atoms with Crippen LogP contribution in [-0.4, -0.2) is 47.4 Å². The van der Waals surface area contributed by atoms with Gasteiger partial charge in [-0.05, 0) is 96.3 Å². The zero-order valence-corrected chi connectivity index (χ0v) is 44.6. The molecule has 3 N–H and O–H groups in total. The van der Waals surface area contributed by atoms with Crippen LogP contribution in [0.2, 0.25) is 0 Å². The molecule has 0 heterocycles. The Labute approximate surface area is 416 Å². The van der Waals surface area contributed by atoms with Crippen molar-refractivity contribution in [1.29, 1.82) is 0 Å². The Balaban J connectivity index is 3.54. The second kappa shape index (κ2) is 56.4. The minimum atomic E-state index is -0.857. The van der Waals surface area contributed by atoms with E-state index >= 15 is 0 Å². The molecule has 0 saturated heterocycles. The van der Waals surface area contributed by atoms with Crippen LogP contribution >= 0.6 is 0 Å². The smallest absolute Gasteiger partial charge is 0.305 e. The molecule has 0 saturated carbocycles. The SMILES string of the molecule is CCCCCC/C=C\CCCCCCCC(=O)OCCCCC/C=C\C/C=C\CCCCCCCCCC(=O)NC(CO)C(O)/C=C/CCCCCCCCCCCCCCCCCCCC. The van der Waals surface area contributed by atoms with Gasteiger partial charge in [0.1, 0.15) is 0 Å². The van der Waals surface area contributed by atoms with Gasteiger partial charge in [-0.25, -0.2) is 0 Å². The van der Waals surface area contributed by atoms with Crippen molar-refractivity contribution in [2.45, 2.75) is 315 Å². The van der Waals surface area contributed by atoms with Crippen molar-refractivity contribution in [3.05, 3.63) is 48.6 Å². The standard InChI is InChI=1S/C61H113NO5/c1-3-5-7-9-11-13-15-17-18-19-20-21-23-26-30-33-37-41-45-49-53-59(64)58(57-63)62-60(65)54-50-46-42-38-34-31-27-24-22-25-28-32-36-40-44-48-52-56-67-61(66)55-51-47-43-39-35-29-16-14-12-10-8-6-4-2/h14,16,22,25,32,36,49,53,58-59,63-64H,3-13,15,17-21,23-24,26-31,33-35,37-48,50-52,54-57H2,1-2H3,(H,62,65)/b16-14-,25-22-,36-32-,53-49+. The molecule has 2 atom stereocenters. The average Bonchev–Trinajstić information content (AvgIpc) is 3.33. The molecule has 2 unspecified atom stereocenters. The van der Waals surface area contributed by atoms with Gasteiger partial charge < -0.3 is 20.3 Å². The fraction of sp³-hybridized carbons (Fsp3) is 0.836. The lowest BCUT2D eigenvalue weighted by molar-refractivity contribution is -0.143. The highest BCUT2D eigenvalue weighted by Gasteiger charge is 2.18. The Kier molecular flexibility index (Phi) is 54.6. The van der Waals surface area contributed by atoms with Gasteiger partial charge in [0.15, 0.2) is 0 Å². The molecule has 0 radical (unpaired) electrons. The minimum absolute atomic E-state index is 0.0260. The second-order valence-corrected chi connectivity index (χ2v) is 20.0. The minimum Gasteiger partial charge on any atom is -0.466 e. The largest absolute Gasteiger partial charge is 0.466 e. The van der Waals surface area contributed by atoms with Crippen molar-refractivity contribution < 1.29 is 24.5 Å². The monoisotopic (exact) mass is 940 g/mol. The first-order chi connectivity index (χ1) is 33.0. The van der Waals surface area contributed by atoms with E-state index in [9.17, 15) is 19.8 Å². The van der Waals surface area contributed by atoms with E-state index in [4.69, 9.17) is 4.74 Å². The fourth-order valence-corrected chi connectivity index (χ4v) is 8.78. The summed E-state index contributed by atoms with van der Waals surface area (Å²) >= 11 is 0. The highest BCUT2D eigenvalue weighted by molar-refractivity contribution is 5.76. The number of hydrogen-bond acceptors (Lipinski definition) is 5. The number of allylic oxidation sites excluding steroid dienone is 7. The van der Waals surface area contributed by atoms with E-state index in [1.807, 2.05) is 6.08 Å². The molecule has 0 aliphatic carbocycles. The number of unbranched alkanes of at least 4 members (excludes halogenated alkanes) is 37. The van der Waals surface area contributed by atoms with Crippen molar-refractivity contribution in [3.8, 4) is 0 Å². The first kappa shape index (κ1) is 64.8. The quantitative estimate of drug-likeness (QED) is 0.0321. The molecule has 0 rings (SSSR count). The zero-order chi connectivity index (χ0) is 48.6. The van der Waals surface area contributed by atoms with Gasteiger partial charge in [0.05, 0.1) is 25.4 Å². The van der Waals surface area contributed by atoms with Crippen molar-refractivity contribution in [2.75, 3.05) is 13.2 Å². The maximum absolute atomic E-state index is 12.5. The van der Waals surface area contributed by atoms with Crippen molar-refractivity contribution >= 4 is 11.9 Å². The summed E-state index contributed by atoms with van der Waals surface area (Å²) in [6, 6.07) is -0.642. The molecule has 67 heavy (non-hydrogen) atoms. The van der Waals surface area contributed by atoms with Gasteiger partial charge in [-0.3, -0.25) is 9.59 Å². The number of aliphatic hydroxyl groups is 2. The van der Waals surface area contributed by atoms with Crippen LogP contribution in [0.5, 0.6) is 0 Å². The fourth-order valence-electron chi connectivity index (χ4n) is 8.78. The van der Waals surface area contributed by atoms with Crippen LogP contribution in [0.1, 0.15) is 303 Å². The highest BCUT2D eigenvalue weighted by atomic mass is 16.5. The summed E-state index contributed by atoms with van der Waals surface area (Å²) in [5.41, 5.74) is 0. The van der Waals surface area contributed by atoms with Gasteiger partial charge in [-0.2, -0.15) is 0 Å². The lowest BCUT2D eigenvalue weighted by atomic mass is 10.0. The van der Waals surface area contributed by atoms with Gasteiger partial charge in [0.2, 0.25) is 5.91 Å². The number of carbonyl (C=O) groups excluding carboxylic acids is 2. The summed E-state index contributed by atoms with van der Waals surface area (Å²) in [5, 5.41) is 23.2. The van der Waals surface area contributed by atoms with E-state index < -0.39 is 12.1 Å². The van der Waals surface area contributed by atoms with Gasteiger partial charge in [-0.15, -0.1) is 0 Å². The molecule has 0 aliphatic heterocycles. The predicted octanol–water partition coefficient (Wildman–Crippen LogP) is 18.2. The topological polar surface area (TPSA) is 95.9 Å². The number of esters is 1. The molecule has 1 amide bonds. The van der Waals surface area contributed by atoms with Gasteiger partial charge in [0.25, 0.3) is 0 Å². The molecule has 0 aliphatic rings. The van der Waals surface area contributed by atoms with Gasteiger partial charge in [0, 0.05) is 12.8 Å². The summed E-state index contributed by atoms with van der Waals surface area (Å²) in [5.74, 6) is -0.109. The molecule has 6 nitrogen and oxygen atoms in total. The number of nitrogens with one attached hydrogen (secondary N) is 1. The van der Waals surface area contributed by atoms with Crippen molar-refractivity contribution in [2.24, 2.45) is 0 Å². The third kappa shape index (κ3) is 53.0. The van der Waals surface area contributed by atoms with Crippen LogP contribution in [0.4, 0.5) is 0 Å². The van der Waals surface area contributed by atoms with E-state index in [1.54, 1.807) is 6.08 Å². The summed E-state index contributed by atoms with van der Waals surface area (Å²) in [4.78, 5) is 24.5. The zero-order valence-electron chi connectivity index (χ0n) is 44.6. The van der Waals surface area contributed by atoms with Crippen LogP contribution in [0.15, 0.2) is 48.6 Å². The highest BCUT2D eigenvalue weighted by Crippen LogP contribution is 2.16. The van der Waals surface area contributed by atoms with Crippen LogP contribution in [-0.2, 0) is 14.3 Å². The summed E-state index contributed by atoms with van der Waals surface area (Å²) in [6.45, 7) is 4.85. The number of rotatable bonds is 54. The maximum atomic E-state index is 12.5. The molecular formula is C61H113NO5. The molecule has 0 aromatic carbocycles. The Bertz CT molecular complexity index is 1130. The van der Waals surface area contributed by atoms with Crippen LogP contribution in [0, 0.1) is 0 Å². The second-order valence-electron chi connectivity index (χ2n) is 20.0. The molecule has 392 valence electrons. The molecule has 0 bridgehead atoms. The summed E-state index contributed by atoms with van der Waals surface area (Å²) in [7, 11) is 0. The summed E-state index contributed by atoms with van der Waals surface area (Å²) < 4.78 is 5.44. The van der Waals surface area contributed by atoms with Crippen molar-refractivity contribution in [3.63, 3.8) is 0 Å². The van der Waals surface area contributed by atoms with E-state index in [0.717, 1.165) is 83.5 Å². The number of carbonyl (C=O) groups is 2. The lowest BCUT2D eigenvalue weighted by Gasteiger charge is -2.20. The molecule has 0 spiro atoms. The third-order valence-corrected chi connectivity index (χ3v) is 13.3. The normalized spacial score (nSPS) is 13.0. The van der Waals surface area contributed by atoms with E-state index in [0.29, 0.717) is 19.4 Å². The molecule has 0 aromatic heterocycles. The molecule has 0 aromatic rings. The average molecular weight is 941 g/mol. The predicted molar refractivity (Wildman–Crippen MR) is 292 cm³/mol. The van der Waals surface area contributed by atoms with E-state index in [-0.39, 0.29) is 18.5 Å². The number of amides is 1. The van der Waals surface area contributed by atoms with E-state index in [2.05, 4.69) is 55.6 Å². The number of aliphatic hydroxyl groups excluding tert-OH is 2.